The molecule has 1 fully saturated rings. The fourth-order valence-corrected chi connectivity index (χ4v) is 5.99. The molecule has 0 unspecified atom stereocenters. The van der Waals surface area contributed by atoms with Crippen LogP contribution in [0.4, 0.5) is 0 Å². The van der Waals surface area contributed by atoms with Crippen molar-refractivity contribution in [3.8, 4) is 0 Å². The van der Waals surface area contributed by atoms with Crippen LogP contribution in [0, 0.1) is 0 Å². The second-order valence-corrected chi connectivity index (χ2v) is 9.99. The smallest absolute Gasteiger partial charge is 0.258 e. The van der Waals surface area contributed by atoms with Crippen LogP contribution in [0.2, 0.25) is 5.02 Å². The molecule has 0 radical (unpaired) electrons. The van der Waals surface area contributed by atoms with E-state index in [2.05, 4.69) is 9.97 Å². The number of sulfonamides is 1. The number of quaternary nitrogens is 1. The molecule has 3 heterocycles. The zero-order chi connectivity index (χ0) is 19.0. The Morgan fingerprint density at radius 3 is 2.74 bits per heavy atom. The minimum atomic E-state index is -3.40. The van der Waals surface area contributed by atoms with E-state index in [4.69, 9.17) is 11.6 Å². The van der Waals surface area contributed by atoms with Crippen LogP contribution in [-0.4, -0.2) is 48.9 Å². The van der Waals surface area contributed by atoms with Gasteiger partial charge in [0.25, 0.3) is 15.6 Å². The number of halogens is 1. The lowest BCUT2D eigenvalue weighted by molar-refractivity contribution is -0.917. The van der Waals surface area contributed by atoms with Gasteiger partial charge in [-0.15, -0.1) is 11.3 Å². The van der Waals surface area contributed by atoms with Gasteiger partial charge in [-0.2, -0.15) is 4.31 Å². The van der Waals surface area contributed by atoms with E-state index >= 15 is 0 Å². The van der Waals surface area contributed by atoms with Crippen molar-refractivity contribution < 1.29 is 13.3 Å². The summed E-state index contributed by atoms with van der Waals surface area (Å²) < 4.78 is 27.1. The van der Waals surface area contributed by atoms with Crippen molar-refractivity contribution in [3.05, 3.63) is 56.9 Å². The largest absolute Gasteiger partial charge is 0.326 e. The third-order valence-corrected chi connectivity index (χ3v) is 8.16. The molecule has 10 heteroatoms. The zero-order valence-electron chi connectivity index (χ0n) is 14.3. The van der Waals surface area contributed by atoms with Gasteiger partial charge in [0.05, 0.1) is 37.1 Å². The van der Waals surface area contributed by atoms with Crippen LogP contribution >= 0.6 is 22.9 Å². The number of piperazine rings is 1. The van der Waals surface area contributed by atoms with Gasteiger partial charge in [0.1, 0.15) is 10.8 Å². The standard InChI is InChI=1S/C17H17ClN4O3S2/c18-12-3-4-13-14(10-12)19-15(20-17(13)23)11-21-5-7-22(8-6-21)27(24,25)16-2-1-9-26-16/h1-4,9-10H,5-8,11H2,(H,19,20,23)/p+1. The number of rotatable bonds is 4. The van der Waals surface area contributed by atoms with E-state index in [1.807, 2.05) is 0 Å². The fraction of sp³-hybridized carbons (Fsp3) is 0.294. The molecule has 2 aromatic heterocycles. The Bertz CT molecular complexity index is 1120. The molecule has 142 valence electrons. The van der Waals surface area contributed by atoms with E-state index in [-0.39, 0.29) is 5.56 Å². The van der Waals surface area contributed by atoms with Gasteiger partial charge >= 0.3 is 0 Å². The summed E-state index contributed by atoms with van der Waals surface area (Å²) in [6.07, 6.45) is 0. The van der Waals surface area contributed by atoms with Gasteiger partial charge in [-0.3, -0.25) is 4.79 Å². The first-order valence-electron chi connectivity index (χ1n) is 8.49. The molecule has 0 spiro atoms. The average Bonchev–Trinajstić information content (AvgIpc) is 3.17. The summed E-state index contributed by atoms with van der Waals surface area (Å²) in [5.41, 5.74) is 0.379. The lowest BCUT2D eigenvalue weighted by Crippen LogP contribution is -3.13. The van der Waals surface area contributed by atoms with Crippen molar-refractivity contribution in [3.63, 3.8) is 0 Å². The molecule has 0 saturated carbocycles. The second kappa shape index (κ2) is 7.33. The molecule has 0 amide bonds. The number of hydrogen-bond donors (Lipinski definition) is 2. The van der Waals surface area contributed by atoms with Gasteiger partial charge < -0.3 is 9.88 Å². The monoisotopic (exact) mass is 425 g/mol. The molecule has 7 nitrogen and oxygen atoms in total. The molecule has 0 bridgehead atoms. The van der Waals surface area contributed by atoms with Gasteiger partial charge in [-0.05, 0) is 29.6 Å². The number of aromatic amines is 1. The quantitative estimate of drug-likeness (QED) is 0.645. The van der Waals surface area contributed by atoms with Gasteiger partial charge in [-0.1, -0.05) is 17.7 Å². The molecule has 0 aliphatic carbocycles. The van der Waals surface area contributed by atoms with E-state index in [1.165, 1.54) is 20.5 Å². The molecule has 1 aliphatic heterocycles. The Morgan fingerprint density at radius 2 is 2.04 bits per heavy atom. The number of nitrogens with zero attached hydrogens (tertiary/aromatic N) is 2. The number of nitrogens with one attached hydrogen (secondary N) is 2. The minimum absolute atomic E-state index is 0.190. The van der Waals surface area contributed by atoms with Crippen molar-refractivity contribution >= 4 is 43.9 Å². The Morgan fingerprint density at radius 1 is 1.26 bits per heavy atom. The molecule has 1 aromatic carbocycles. The van der Waals surface area contributed by atoms with Crippen LogP contribution in [0.25, 0.3) is 10.9 Å². The van der Waals surface area contributed by atoms with Gasteiger partial charge in [-0.25, -0.2) is 13.4 Å². The third-order valence-electron chi connectivity index (χ3n) is 4.65. The highest BCUT2D eigenvalue weighted by Crippen LogP contribution is 2.20. The molecule has 1 saturated heterocycles. The van der Waals surface area contributed by atoms with Crippen LogP contribution in [-0.2, 0) is 16.6 Å². The van der Waals surface area contributed by atoms with Crippen molar-refractivity contribution in [2.45, 2.75) is 10.8 Å². The van der Waals surface area contributed by atoms with Crippen LogP contribution in [0.1, 0.15) is 5.82 Å². The van der Waals surface area contributed by atoms with Crippen LogP contribution in [0.15, 0.2) is 44.7 Å². The number of hydrogen-bond acceptors (Lipinski definition) is 5. The summed E-state index contributed by atoms with van der Waals surface area (Å²) >= 11 is 7.23. The molecule has 2 N–H and O–H groups in total. The molecule has 27 heavy (non-hydrogen) atoms. The van der Waals surface area contributed by atoms with Crippen molar-refractivity contribution in [2.24, 2.45) is 0 Å². The molecule has 4 rings (SSSR count). The van der Waals surface area contributed by atoms with Crippen molar-refractivity contribution in [1.82, 2.24) is 14.3 Å². The number of aromatic nitrogens is 2. The maximum absolute atomic E-state index is 12.6. The Labute approximate surface area is 165 Å². The first-order valence-corrected chi connectivity index (χ1v) is 11.2. The van der Waals surface area contributed by atoms with Crippen molar-refractivity contribution in [2.75, 3.05) is 26.2 Å². The summed E-state index contributed by atoms with van der Waals surface area (Å²) in [4.78, 5) is 20.7. The maximum atomic E-state index is 12.6. The predicted octanol–water partition coefficient (Wildman–Crippen LogP) is 0.727. The van der Waals surface area contributed by atoms with E-state index in [9.17, 15) is 13.2 Å². The van der Waals surface area contributed by atoms with Crippen LogP contribution in [0.3, 0.4) is 0 Å². The summed E-state index contributed by atoms with van der Waals surface area (Å²) in [5.74, 6) is 0.583. The molecule has 1 aliphatic rings. The number of thiophene rings is 1. The van der Waals surface area contributed by atoms with Crippen LogP contribution in [0.5, 0.6) is 0 Å². The van der Waals surface area contributed by atoms with E-state index in [0.29, 0.717) is 58.7 Å². The van der Waals surface area contributed by atoms with Gasteiger partial charge in [0, 0.05) is 5.02 Å². The molecular weight excluding hydrogens is 408 g/mol. The molecule has 3 aromatic rings. The van der Waals surface area contributed by atoms with Crippen molar-refractivity contribution in [1.29, 1.82) is 0 Å². The van der Waals surface area contributed by atoms with Gasteiger partial charge in [0.2, 0.25) is 0 Å². The summed E-state index contributed by atoms with van der Waals surface area (Å²) in [6, 6.07) is 8.38. The number of benzene rings is 1. The topological polar surface area (TPSA) is 87.6 Å². The highest BCUT2D eigenvalue weighted by molar-refractivity contribution is 7.91. The molecular formula is C17H18ClN4O3S2+. The Balaban J connectivity index is 1.47. The summed E-state index contributed by atoms with van der Waals surface area (Å²) in [7, 11) is -3.40. The normalized spacial score (nSPS) is 16.8. The van der Waals surface area contributed by atoms with Crippen LogP contribution < -0.4 is 10.5 Å². The highest BCUT2D eigenvalue weighted by atomic mass is 35.5. The first-order chi connectivity index (χ1) is 12.9. The third kappa shape index (κ3) is 3.78. The number of fused-ring (bicyclic) bond motifs is 1. The van der Waals surface area contributed by atoms with E-state index in [0.717, 1.165) is 0 Å². The van der Waals surface area contributed by atoms with Gasteiger partial charge in [0.15, 0.2) is 5.82 Å². The summed E-state index contributed by atoms with van der Waals surface area (Å²) in [6.45, 7) is 2.73. The predicted molar refractivity (Wildman–Crippen MR) is 105 cm³/mol. The lowest BCUT2D eigenvalue weighted by Gasteiger charge is -2.30. The first kappa shape index (κ1) is 18.6. The maximum Gasteiger partial charge on any atom is 0.258 e. The highest BCUT2D eigenvalue weighted by Gasteiger charge is 2.31. The zero-order valence-corrected chi connectivity index (χ0v) is 16.7. The van der Waals surface area contributed by atoms with E-state index < -0.39 is 10.0 Å². The molecule has 0 atom stereocenters. The minimum Gasteiger partial charge on any atom is -0.326 e. The Hall–Kier alpha value is -1.78. The Kier molecular flexibility index (Phi) is 5.04. The second-order valence-electron chi connectivity index (χ2n) is 6.44. The SMILES string of the molecule is O=c1[nH]c(C[NH+]2CCN(S(=O)(=O)c3cccs3)CC2)nc2cc(Cl)ccc12. The average molecular weight is 426 g/mol. The lowest BCUT2D eigenvalue weighted by atomic mass is 10.2. The number of H-pyrrole nitrogens is 1. The van der Waals surface area contributed by atoms with E-state index in [1.54, 1.807) is 35.7 Å². The summed E-state index contributed by atoms with van der Waals surface area (Å²) in [5, 5.41) is 2.80. The fourth-order valence-electron chi connectivity index (χ4n) is 3.24.